The van der Waals surface area contributed by atoms with E-state index in [1.807, 2.05) is 42.5 Å². The molecule has 0 saturated heterocycles. The van der Waals surface area contributed by atoms with Crippen LogP contribution >= 0.6 is 0 Å². The van der Waals surface area contributed by atoms with Crippen molar-refractivity contribution < 1.29 is 24.2 Å². The summed E-state index contributed by atoms with van der Waals surface area (Å²) in [5.74, 6) is -1.87. The van der Waals surface area contributed by atoms with Crippen LogP contribution in [0.3, 0.4) is 0 Å². The quantitative estimate of drug-likeness (QED) is 0.393. The lowest BCUT2D eigenvalue weighted by Gasteiger charge is -2.24. The van der Waals surface area contributed by atoms with Gasteiger partial charge < -0.3 is 15.2 Å². The van der Waals surface area contributed by atoms with Crippen molar-refractivity contribution in [1.82, 2.24) is 5.32 Å². The summed E-state index contributed by atoms with van der Waals surface area (Å²) in [6.45, 7) is 4.17. The topological polar surface area (TPSA) is 92.7 Å². The molecule has 6 heteroatoms. The van der Waals surface area contributed by atoms with Crippen molar-refractivity contribution in [2.45, 2.75) is 64.8 Å². The minimum Gasteiger partial charge on any atom is -0.481 e. The van der Waals surface area contributed by atoms with E-state index in [4.69, 9.17) is 9.84 Å². The molecule has 0 aliphatic rings. The molecule has 33 heavy (non-hydrogen) atoms. The molecule has 0 fully saturated rings. The van der Waals surface area contributed by atoms with Crippen molar-refractivity contribution in [3.8, 4) is 11.1 Å². The number of carboxylic acids is 1. The Hall–Kier alpha value is -3.15. The molecule has 0 spiro atoms. The number of hydrogen-bond acceptors (Lipinski definition) is 4. The highest BCUT2D eigenvalue weighted by Crippen LogP contribution is 2.22. The van der Waals surface area contributed by atoms with Crippen molar-refractivity contribution in [3.05, 3.63) is 60.2 Å². The highest BCUT2D eigenvalue weighted by atomic mass is 16.5. The maximum atomic E-state index is 12.5. The zero-order valence-electron chi connectivity index (χ0n) is 19.6. The molecule has 0 heterocycles. The van der Waals surface area contributed by atoms with Crippen LogP contribution in [0.4, 0.5) is 0 Å². The minimum absolute atomic E-state index is 0.0855. The number of carboxylic acid groups (broad SMARTS) is 1. The zero-order valence-corrected chi connectivity index (χ0v) is 19.6. The van der Waals surface area contributed by atoms with Gasteiger partial charge in [0.1, 0.15) is 0 Å². The van der Waals surface area contributed by atoms with Crippen molar-refractivity contribution in [2.75, 3.05) is 6.61 Å². The van der Waals surface area contributed by atoms with Crippen LogP contribution in [0.5, 0.6) is 0 Å². The molecule has 0 radical (unpaired) electrons. The van der Waals surface area contributed by atoms with Gasteiger partial charge in [0.25, 0.3) is 0 Å². The molecule has 1 amide bonds. The largest absolute Gasteiger partial charge is 0.481 e. The van der Waals surface area contributed by atoms with Gasteiger partial charge in [-0.2, -0.15) is 0 Å². The van der Waals surface area contributed by atoms with Gasteiger partial charge in [0.05, 0.1) is 18.9 Å². The molecule has 1 unspecified atom stereocenters. The van der Waals surface area contributed by atoms with E-state index >= 15 is 0 Å². The van der Waals surface area contributed by atoms with Gasteiger partial charge in [-0.05, 0) is 42.9 Å². The second-order valence-electron chi connectivity index (χ2n) is 8.25. The van der Waals surface area contributed by atoms with Gasteiger partial charge in [-0.3, -0.25) is 14.4 Å². The molecular formula is C27H35NO5. The third-order valence-corrected chi connectivity index (χ3v) is 5.57. The molecule has 6 nitrogen and oxygen atoms in total. The highest BCUT2D eigenvalue weighted by molar-refractivity contribution is 5.81. The van der Waals surface area contributed by atoms with E-state index in [-0.39, 0.29) is 36.7 Å². The first-order valence-corrected chi connectivity index (χ1v) is 11.7. The Labute approximate surface area is 196 Å². The maximum Gasteiger partial charge on any atom is 0.308 e. The molecular weight excluding hydrogens is 418 g/mol. The van der Waals surface area contributed by atoms with Crippen LogP contribution < -0.4 is 5.32 Å². The van der Waals surface area contributed by atoms with Gasteiger partial charge in [0.2, 0.25) is 5.91 Å². The Kier molecular flexibility index (Phi) is 11.1. The number of hydrogen-bond donors (Lipinski definition) is 2. The maximum absolute atomic E-state index is 12.5. The van der Waals surface area contributed by atoms with E-state index < -0.39 is 5.97 Å². The molecule has 0 aromatic heterocycles. The van der Waals surface area contributed by atoms with Crippen LogP contribution in [0.1, 0.15) is 57.9 Å². The number of unbranched alkanes of at least 4 members (excludes halogenated alkanes) is 1. The highest BCUT2D eigenvalue weighted by Gasteiger charge is 2.25. The average Bonchev–Trinajstić information content (AvgIpc) is 2.81. The van der Waals surface area contributed by atoms with E-state index in [1.165, 1.54) is 0 Å². The van der Waals surface area contributed by atoms with Crippen LogP contribution in [0.2, 0.25) is 0 Å². The molecule has 2 N–H and O–H groups in total. The second-order valence-corrected chi connectivity index (χ2v) is 8.25. The standard InChI is InChI=1S/C27H35NO5/c1-3-5-9-23(27(32)33-4-2)19-24(28-25(29)16-17-26(30)31)18-20-12-14-22(15-13-20)21-10-7-6-8-11-21/h6-8,10-15,23-24H,3-5,9,16-19H2,1-2H3,(H,28,29)(H,30,31)/t23?,24-/m0/s1. The molecule has 0 bridgehead atoms. The van der Waals surface area contributed by atoms with E-state index in [9.17, 15) is 14.4 Å². The molecule has 178 valence electrons. The van der Waals surface area contributed by atoms with E-state index in [1.54, 1.807) is 6.92 Å². The molecule has 0 saturated carbocycles. The summed E-state index contributed by atoms with van der Waals surface area (Å²) in [6.07, 6.45) is 3.26. The summed E-state index contributed by atoms with van der Waals surface area (Å²) in [5.41, 5.74) is 3.27. The molecule has 2 rings (SSSR count). The van der Waals surface area contributed by atoms with Crippen LogP contribution in [0, 0.1) is 5.92 Å². The summed E-state index contributed by atoms with van der Waals surface area (Å²) in [4.78, 5) is 35.8. The predicted octanol–water partition coefficient (Wildman–Crippen LogP) is 5.01. The number of esters is 1. The normalized spacial score (nSPS) is 12.5. The Bertz CT molecular complexity index is 879. The van der Waals surface area contributed by atoms with Crippen molar-refractivity contribution in [3.63, 3.8) is 0 Å². The lowest BCUT2D eigenvalue weighted by molar-refractivity contribution is -0.149. The number of benzene rings is 2. The van der Waals surface area contributed by atoms with Gasteiger partial charge in [-0.1, -0.05) is 74.4 Å². The number of nitrogens with one attached hydrogen (secondary N) is 1. The first-order chi connectivity index (χ1) is 15.9. The van der Waals surface area contributed by atoms with Gasteiger partial charge >= 0.3 is 11.9 Å². The van der Waals surface area contributed by atoms with E-state index in [2.05, 4.69) is 24.4 Å². The summed E-state index contributed by atoms with van der Waals surface area (Å²) in [5, 5.41) is 11.8. The Balaban J connectivity index is 2.15. The smallest absolute Gasteiger partial charge is 0.308 e. The summed E-state index contributed by atoms with van der Waals surface area (Å²) < 4.78 is 5.27. The minimum atomic E-state index is -1.01. The SMILES string of the molecule is CCCCC(C[C@H](Cc1ccc(-c2ccccc2)cc1)NC(=O)CCC(=O)O)C(=O)OCC. The fourth-order valence-electron chi connectivity index (χ4n) is 3.85. The van der Waals surface area contributed by atoms with Crippen LogP contribution in [0.25, 0.3) is 11.1 Å². The Morgan fingerprint density at radius 1 is 0.939 bits per heavy atom. The summed E-state index contributed by atoms with van der Waals surface area (Å²) in [7, 11) is 0. The second kappa shape index (κ2) is 14.1. The van der Waals surface area contributed by atoms with Crippen molar-refractivity contribution >= 4 is 17.8 Å². The summed E-state index contributed by atoms with van der Waals surface area (Å²) in [6, 6.07) is 18.0. The van der Waals surface area contributed by atoms with Gasteiger partial charge in [-0.15, -0.1) is 0 Å². The molecule has 2 aromatic rings. The third kappa shape index (κ3) is 9.48. The van der Waals surface area contributed by atoms with E-state index in [0.717, 1.165) is 29.5 Å². The fraction of sp³-hybridized carbons (Fsp3) is 0.444. The monoisotopic (exact) mass is 453 g/mol. The zero-order chi connectivity index (χ0) is 24.1. The Morgan fingerprint density at radius 2 is 1.61 bits per heavy atom. The number of rotatable bonds is 14. The van der Waals surface area contributed by atoms with E-state index in [0.29, 0.717) is 25.9 Å². The Morgan fingerprint density at radius 3 is 2.21 bits per heavy atom. The number of amides is 1. The summed E-state index contributed by atoms with van der Waals surface area (Å²) >= 11 is 0. The fourth-order valence-corrected chi connectivity index (χ4v) is 3.85. The molecule has 2 atom stereocenters. The lowest BCUT2D eigenvalue weighted by atomic mass is 9.90. The van der Waals surface area contributed by atoms with Gasteiger partial charge in [0, 0.05) is 12.5 Å². The molecule has 0 aliphatic heterocycles. The number of carbonyl (C=O) groups is 3. The predicted molar refractivity (Wildman–Crippen MR) is 129 cm³/mol. The van der Waals surface area contributed by atoms with Crippen LogP contribution in [0.15, 0.2) is 54.6 Å². The van der Waals surface area contributed by atoms with Gasteiger partial charge in [-0.25, -0.2) is 0 Å². The lowest BCUT2D eigenvalue weighted by Crippen LogP contribution is -2.39. The third-order valence-electron chi connectivity index (χ3n) is 5.57. The molecule has 2 aromatic carbocycles. The van der Waals surface area contributed by atoms with Crippen LogP contribution in [-0.4, -0.2) is 35.6 Å². The first kappa shape index (κ1) is 26.1. The van der Waals surface area contributed by atoms with Crippen LogP contribution in [-0.2, 0) is 25.5 Å². The van der Waals surface area contributed by atoms with Crippen molar-refractivity contribution in [1.29, 1.82) is 0 Å². The molecule has 0 aliphatic carbocycles. The first-order valence-electron chi connectivity index (χ1n) is 11.7. The average molecular weight is 454 g/mol. The van der Waals surface area contributed by atoms with Crippen molar-refractivity contribution in [2.24, 2.45) is 5.92 Å². The number of carbonyl (C=O) groups excluding carboxylic acids is 2. The van der Waals surface area contributed by atoms with Gasteiger partial charge in [0.15, 0.2) is 0 Å². The number of ether oxygens (including phenoxy) is 1. The number of aliphatic carboxylic acids is 1.